The van der Waals surface area contributed by atoms with Crippen molar-refractivity contribution in [2.75, 3.05) is 6.54 Å². The fourth-order valence-electron chi connectivity index (χ4n) is 1.64. The molecular weight excluding hydrogens is 200 g/mol. The lowest BCUT2D eigenvalue weighted by molar-refractivity contribution is -0.129. The van der Waals surface area contributed by atoms with Crippen LogP contribution in [0.2, 0.25) is 0 Å². The van der Waals surface area contributed by atoms with Gasteiger partial charge >= 0.3 is 0 Å². The molecule has 3 heteroatoms. The van der Waals surface area contributed by atoms with Gasteiger partial charge in [-0.2, -0.15) is 0 Å². The molecule has 0 aliphatic rings. The second-order valence-electron chi connectivity index (χ2n) is 6.49. The van der Waals surface area contributed by atoms with Crippen LogP contribution in [-0.4, -0.2) is 23.9 Å². The van der Waals surface area contributed by atoms with Crippen LogP contribution in [0, 0.1) is 5.41 Å². The molecule has 0 saturated carbocycles. The van der Waals surface area contributed by atoms with E-state index in [0.717, 1.165) is 12.8 Å². The molecule has 0 rings (SSSR count). The summed E-state index contributed by atoms with van der Waals surface area (Å²) in [6, 6.07) is -0.0800. The molecule has 0 bridgehead atoms. The minimum Gasteiger partial charge on any atom is -0.330 e. The fourth-order valence-corrected chi connectivity index (χ4v) is 1.64. The molecule has 16 heavy (non-hydrogen) atoms. The molecule has 0 aliphatic heterocycles. The van der Waals surface area contributed by atoms with Gasteiger partial charge in [0.1, 0.15) is 0 Å². The molecule has 0 saturated heterocycles. The summed E-state index contributed by atoms with van der Waals surface area (Å²) in [5.41, 5.74) is 5.18. The van der Waals surface area contributed by atoms with E-state index in [1.54, 1.807) is 0 Å². The van der Waals surface area contributed by atoms with Gasteiger partial charge in [-0.1, -0.05) is 20.8 Å². The van der Waals surface area contributed by atoms with Gasteiger partial charge in [0.25, 0.3) is 0 Å². The number of carbonyl (C=O) groups is 1. The highest BCUT2D eigenvalue weighted by molar-refractivity contribution is 5.88. The molecule has 3 N–H and O–H groups in total. The Kier molecular flexibility index (Phi) is 5.63. The molecule has 0 amide bonds. The Bertz CT molecular complexity index is 223. The molecule has 0 radical (unpaired) electrons. The third-order valence-corrected chi connectivity index (χ3v) is 2.36. The Morgan fingerprint density at radius 3 is 2.00 bits per heavy atom. The highest BCUT2D eigenvalue weighted by Crippen LogP contribution is 2.20. The van der Waals surface area contributed by atoms with Crippen LogP contribution >= 0.6 is 0 Å². The Balaban J connectivity index is 4.61. The van der Waals surface area contributed by atoms with Crippen molar-refractivity contribution in [2.45, 2.75) is 66.0 Å². The number of nitrogens with one attached hydrogen (secondary N) is 1. The lowest BCUT2D eigenvalue weighted by Gasteiger charge is -2.31. The predicted octanol–water partition coefficient (Wildman–Crippen LogP) is 2.10. The van der Waals surface area contributed by atoms with Crippen molar-refractivity contribution in [3.63, 3.8) is 0 Å². The molecule has 96 valence electrons. The molecule has 0 aromatic carbocycles. The summed E-state index contributed by atoms with van der Waals surface area (Å²) in [6.07, 6.45) is 1.71. The predicted molar refractivity (Wildman–Crippen MR) is 69.4 cm³/mol. The van der Waals surface area contributed by atoms with Crippen molar-refractivity contribution in [3.8, 4) is 0 Å². The van der Waals surface area contributed by atoms with E-state index in [1.165, 1.54) is 0 Å². The quantitative estimate of drug-likeness (QED) is 0.757. The molecule has 0 spiro atoms. The Labute approximate surface area is 100 Å². The van der Waals surface area contributed by atoms with Crippen LogP contribution in [0.4, 0.5) is 0 Å². The highest BCUT2D eigenvalue weighted by atomic mass is 16.1. The van der Waals surface area contributed by atoms with Gasteiger partial charge in [0.2, 0.25) is 0 Å². The summed E-state index contributed by atoms with van der Waals surface area (Å²) >= 11 is 0. The molecule has 0 aromatic heterocycles. The van der Waals surface area contributed by atoms with Crippen molar-refractivity contribution in [1.29, 1.82) is 0 Å². The summed E-state index contributed by atoms with van der Waals surface area (Å²) in [6.45, 7) is 12.8. The number of Topliss-reactive ketones (excluding diaryl/α,β-unsaturated/α-hetero) is 1. The highest BCUT2D eigenvalue weighted by Gasteiger charge is 2.31. The van der Waals surface area contributed by atoms with Gasteiger partial charge in [-0.3, -0.25) is 4.79 Å². The minimum absolute atomic E-state index is 0.0415. The van der Waals surface area contributed by atoms with Gasteiger partial charge in [-0.05, 0) is 40.2 Å². The number of hydrogen-bond acceptors (Lipinski definition) is 3. The van der Waals surface area contributed by atoms with Gasteiger partial charge in [0, 0.05) is 11.0 Å². The van der Waals surface area contributed by atoms with Crippen molar-refractivity contribution >= 4 is 5.78 Å². The molecule has 1 atom stereocenters. The van der Waals surface area contributed by atoms with Crippen LogP contribution in [0.3, 0.4) is 0 Å². The third-order valence-electron chi connectivity index (χ3n) is 2.36. The zero-order valence-corrected chi connectivity index (χ0v) is 11.7. The number of carbonyl (C=O) groups excluding carboxylic acids is 1. The standard InChI is InChI=1S/C13H28N2O/c1-12(2,3)11(16)10(8-7-9-14)15-13(4,5)6/h10,15H,7-9,14H2,1-6H3. The lowest BCUT2D eigenvalue weighted by Crippen LogP contribution is -2.50. The van der Waals surface area contributed by atoms with Crippen molar-refractivity contribution in [2.24, 2.45) is 11.1 Å². The van der Waals surface area contributed by atoms with Crippen LogP contribution in [0.15, 0.2) is 0 Å². The first-order valence-corrected chi connectivity index (χ1v) is 6.10. The lowest BCUT2D eigenvalue weighted by atomic mass is 9.84. The van der Waals surface area contributed by atoms with Gasteiger partial charge in [-0.25, -0.2) is 0 Å². The molecule has 0 fully saturated rings. The van der Waals surface area contributed by atoms with E-state index in [2.05, 4.69) is 26.1 Å². The zero-order valence-electron chi connectivity index (χ0n) is 11.7. The van der Waals surface area contributed by atoms with E-state index in [9.17, 15) is 4.79 Å². The average Bonchev–Trinajstić information content (AvgIpc) is 2.07. The zero-order chi connectivity index (χ0) is 13.0. The van der Waals surface area contributed by atoms with E-state index in [1.807, 2.05) is 20.8 Å². The number of nitrogens with two attached hydrogens (primary N) is 1. The molecule has 1 unspecified atom stereocenters. The van der Waals surface area contributed by atoms with Crippen LogP contribution in [0.25, 0.3) is 0 Å². The molecule has 0 aromatic rings. The van der Waals surface area contributed by atoms with Crippen LogP contribution < -0.4 is 11.1 Å². The normalized spacial score (nSPS) is 14.9. The van der Waals surface area contributed by atoms with Gasteiger partial charge in [-0.15, -0.1) is 0 Å². The van der Waals surface area contributed by atoms with Crippen molar-refractivity contribution < 1.29 is 4.79 Å². The topological polar surface area (TPSA) is 55.1 Å². The van der Waals surface area contributed by atoms with Crippen LogP contribution in [0.5, 0.6) is 0 Å². The summed E-state index contributed by atoms with van der Waals surface area (Å²) in [5, 5.41) is 3.39. The van der Waals surface area contributed by atoms with Crippen LogP contribution in [-0.2, 0) is 4.79 Å². The Morgan fingerprint density at radius 1 is 1.19 bits per heavy atom. The monoisotopic (exact) mass is 228 g/mol. The van der Waals surface area contributed by atoms with Crippen molar-refractivity contribution in [3.05, 3.63) is 0 Å². The van der Waals surface area contributed by atoms with E-state index in [0.29, 0.717) is 6.54 Å². The SMILES string of the molecule is CC(C)(C)NC(CCCN)C(=O)C(C)(C)C. The fraction of sp³-hybridized carbons (Fsp3) is 0.923. The van der Waals surface area contributed by atoms with E-state index in [-0.39, 0.29) is 22.8 Å². The Hall–Kier alpha value is -0.410. The summed E-state index contributed by atoms with van der Waals surface area (Å²) in [7, 11) is 0. The summed E-state index contributed by atoms with van der Waals surface area (Å²) < 4.78 is 0. The van der Waals surface area contributed by atoms with E-state index < -0.39 is 0 Å². The smallest absolute Gasteiger partial charge is 0.155 e. The minimum atomic E-state index is -0.294. The number of hydrogen-bond donors (Lipinski definition) is 2. The van der Waals surface area contributed by atoms with Crippen LogP contribution in [0.1, 0.15) is 54.4 Å². The molecule has 3 nitrogen and oxygen atoms in total. The second-order valence-corrected chi connectivity index (χ2v) is 6.49. The molecular formula is C13H28N2O. The summed E-state index contributed by atoms with van der Waals surface area (Å²) in [4.78, 5) is 12.2. The Morgan fingerprint density at radius 2 is 1.69 bits per heavy atom. The maximum atomic E-state index is 12.2. The number of rotatable bonds is 5. The number of ketones is 1. The van der Waals surface area contributed by atoms with Gasteiger partial charge < -0.3 is 11.1 Å². The maximum absolute atomic E-state index is 12.2. The van der Waals surface area contributed by atoms with E-state index >= 15 is 0 Å². The van der Waals surface area contributed by atoms with E-state index in [4.69, 9.17) is 5.73 Å². The molecule has 0 heterocycles. The largest absolute Gasteiger partial charge is 0.330 e. The average molecular weight is 228 g/mol. The van der Waals surface area contributed by atoms with Gasteiger partial charge in [0.05, 0.1) is 6.04 Å². The second kappa shape index (κ2) is 5.78. The first-order chi connectivity index (χ1) is 7.08. The first kappa shape index (κ1) is 15.6. The van der Waals surface area contributed by atoms with Crippen molar-refractivity contribution in [1.82, 2.24) is 5.32 Å². The maximum Gasteiger partial charge on any atom is 0.155 e. The first-order valence-electron chi connectivity index (χ1n) is 6.10. The van der Waals surface area contributed by atoms with Gasteiger partial charge in [0.15, 0.2) is 5.78 Å². The third kappa shape index (κ3) is 6.23. The summed E-state index contributed by atoms with van der Waals surface area (Å²) in [5.74, 6) is 0.274. The molecule has 0 aliphatic carbocycles.